The Morgan fingerprint density at radius 1 is 1.29 bits per heavy atom. The highest BCUT2D eigenvalue weighted by Gasteiger charge is 2.36. The zero-order valence-electron chi connectivity index (χ0n) is 9.35. The van der Waals surface area contributed by atoms with Gasteiger partial charge in [-0.1, -0.05) is 30.3 Å². The third-order valence-corrected chi connectivity index (χ3v) is 2.84. The number of rotatable bonds is 4. The smallest absolute Gasteiger partial charge is 0.237 e. The van der Waals surface area contributed by atoms with E-state index in [2.05, 4.69) is 10.6 Å². The fourth-order valence-corrected chi connectivity index (χ4v) is 1.74. The first kappa shape index (κ1) is 11.6. The Labute approximate surface area is 99.4 Å². The van der Waals surface area contributed by atoms with Crippen molar-refractivity contribution in [2.45, 2.75) is 25.0 Å². The van der Waals surface area contributed by atoms with Crippen molar-refractivity contribution in [2.75, 3.05) is 0 Å². The number of hydrogen-bond donors (Lipinski definition) is 3. The van der Waals surface area contributed by atoms with Crippen molar-refractivity contribution in [1.82, 2.24) is 10.6 Å². The van der Waals surface area contributed by atoms with Crippen LogP contribution in [0.25, 0.3) is 0 Å². The molecule has 1 aromatic rings. The molecule has 1 fully saturated rings. The van der Waals surface area contributed by atoms with Crippen molar-refractivity contribution in [2.24, 2.45) is 5.73 Å². The van der Waals surface area contributed by atoms with Gasteiger partial charge in [0.1, 0.15) is 0 Å². The van der Waals surface area contributed by atoms with Gasteiger partial charge >= 0.3 is 0 Å². The topological polar surface area (TPSA) is 84.2 Å². The molecule has 5 nitrogen and oxygen atoms in total. The molecular formula is C12H15N3O2. The maximum atomic E-state index is 11.6. The molecule has 17 heavy (non-hydrogen) atoms. The molecule has 1 aromatic carbocycles. The second-order valence-electron chi connectivity index (χ2n) is 4.11. The molecule has 1 aliphatic heterocycles. The highest BCUT2D eigenvalue weighted by molar-refractivity contribution is 5.88. The highest BCUT2D eigenvalue weighted by Crippen LogP contribution is 2.11. The summed E-state index contributed by atoms with van der Waals surface area (Å²) < 4.78 is 0. The van der Waals surface area contributed by atoms with Crippen LogP contribution in [0, 0.1) is 0 Å². The summed E-state index contributed by atoms with van der Waals surface area (Å²) in [7, 11) is 0. The Kier molecular flexibility index (Phi) is 3.39. The summed E-state index contributed by atoms with van der Waals surface area (Å²) in [5.41, 5.74) is 6.14. The van der Waals surface area contributed by atoms with Crippen molar-refractivity contribution in [3.05, 3.63) is 35.9 Å². The fraction of sp³-hybridized carbons (Fsp3) is 0.333. The zero-order valence-corrected chi connectivity index (χ0v) is 9.35. The van der Waals surface area contributed by atoms with Gasteiger partial charge in [0, 0.05) is 6.54 Å². The summed E-state index contributed by atoms with van der Waals surface area (Å²) in [5, 5.41) is 5.64. The summed E-state index contributed by atoms with van der Waals surface area (Å²) in [6.07, 6.45) is 0.482. The Bertz CT molecular complexity index is 413. The minimum absolute atomic E-state index is 0.0913. The molecule has 0 saturated carbocycles. The lowest BCUT2D eigenvalue weighted by molar-refractivity contribution is -0.129. The predicted octanol–water partition coefficient (Wildman–Crippen LogP) is -0.481. The lowest BCUT2D eigenvalue weighted by Crippen LogP contribution is -2.63. The van der Waals surface area contributed by atoms with E-state index in [4.69, 9.17) is 5.73 Å². The van der Waals surface area contributed by atoms with E-state index in [0.717, 1.165) is 5.56 Å². The first-order valence-electron chi connectivity index (χ1n) is 5.54. The van der Waals surface area contributed by atoms with Crippen LogP contribution in [0.5, 0.6) is 0 Å². The van der Waals surface area contributed by atoms with Gasteiger partial charge in [-0.15, -0.1) is 0 Å². The monoisotopic (exact) mass is 233 g/mol. The maximum Gasteiger partial charge on any atom is 0.237 e. The molecule has 0 aromatic heterocycles. The normalized spacial score (nSPS) is 22.6. The molecular weight excluding hydrogens is 218 g/mol. The minimum Gasteiger partial charge on any atom is -0.368 e. The third-order valence-electron chi connectivity index (χ3n) is 2.84. The van der Waals surface area contributed by atoms with Crippen LogP contribution in [-0.2, 0) is 16.1 Å². The van der Waals surface area contributed by atoms with Crippen LogP contribution in [-0.4, -0.2) is 23.9 Å². The molecule has 1 aliphatic rings. The summed E-state index contributed by atoms with van der Waals surface area (Å²) in [4.78, 5) is 22.4. The zero-order chi connectivity index (χ0) is 12.3. The Morgan fingerprint density at radius 3 is 2.53 bits per heavy atom. The fourth-order valence-electron chi connectivity index (χ4n) is 1.74. The van der Waals surface area contributed by atoms with E-state index in [0.29, 0.717) is 13.0 Å². The van der Waals surface area contributed by atoms with E-state index in [1.54, 1.807) is 0 Å². The van der Waals surface area contributed by atoms with E-state index < -0.39 is 5.91 Å². The molecule has 0 spiro atoms. The average molecular weight is 233 g/mol. The second kappa shape index (κ2) is 4.97. The number of carbonyl (C=O) groups is 2. The molecule has 0 radical (unpaired) electrons. The molecule has 90 valence electrons. The van der Waals surface area contributed by atoms with Gasteiger partial charge < -0.3 is 11.1 Å². The molecule has 0 unspecified atom stereocenters. The SMILES string of the molecule is NC(=O)[C@H]1C[C@@H](C(=O)NCc2ccccc2)N1. The molecule has 0 aliphatic carbocycles. The Balaban J connectivity index is 1.74. The largest absolute Gasteiger partial charge is 0.368 e. The molecule has 2 amide bonds. The number of carbonyl (C=O) groups excluding carboxylic acids is 2. The van der Waals surface area contributed by atoms with Crippen LogP contribution >= 0.6 is 0 Å². The number of benzene rings is 1. The van der Waals surface area contributed by atoms with E-state index in [-0.39, 0.29) is 18.0 Å². The molecule has 4 N–H and O–H groups in total. The van der Waals surface area contributed by atoms with Gasteiger partial charge in [0.05, 0.1) is 12.1 Å². The lowest BCUT2D eigenvalue weighted by Gasteiger charge is -2.33. The molecule has 5 heteroatoms. The van der Waals surface area contributed by atoms with Gasteiger partial charge in [-0.05, 0) is 12.0 Å². The highest BCUT2D eigenvalue weighted by atomic mass is 16.2. The number of amides is 2. The van der Waals surface area contributed by atoms with Crippen LogP contribution in [0.3, 0.4) is 0 Å². The summed E-state index contributed by atoms with van der Waals surface area (Å²) in [6, 6.07) is 9.01. The minimum atomic E-state index is -0.405. The first-order chi connectivity index (χ1) is 8.16. The van der Waals surface area contributed by atoms with Crippen LogP contribution in [0.4, 0.5) is 0 Å². The van der Waals surface area contributed by atoms with Crippen LogP contribution in [0.2, 0.25) is 0 Å². The first-order valence-corrected chi connectivity index (χ1v) is 5.54. The van der Waals surface area contributed by atoms with Gasteiger partial charge in [0.15, 0.2) is 0 Å². The van der Waals surface area contributed by atoms with E-state index in [1.807, 2.05) is 30.3 Å². The predicted molar refractivity (Wildman–Crippen MR) is 62.8 cm³/mol. The van der Waals surface area contributed by atoms with Crippen molar-refractivity contribution in [3.63, 3.8) is 0 Å². The number of primary amides is 1. The van der Waals surface area contributed by atoms with E-state index in [1.165, 1.54) is 0 Å². The summed E-state index contributed by atoms with van der Waals surface area (Å²) >= 11 is 0. The Morgan fingerprint density at radius 2 is 1.94 bits per heavy atom. The molecule has 1 heterocycles. The van der Waals surface area contributed by atoms with E-state index in [9.17, 15) is 9.59 Å². The number of nitrogens with two attached hydrogens (primary N) is 1. The van der Waals surface area contributed by atoms with Crippen LogP contribution < -0.4 is 16.4 Å². The second-order valence-corrected chi connectivity index (χ2v) is 4.11. The van der Waals surface area contributed by atoms with Crippen LogP contribution in [0.15, 0.2) is 30.3 Å². The lowest BCUT2D eigenvalue weighted by atomic mass is 9.96. The molecule has 1 saturated heterocycles. The maximum absolute atomic E-state index is 11.6. The standard InChI is InChI=1S/C12H15N3O2/c13-11(16)9-6-10(15-9)12(17)14-7-8-4-2-1-3-5-8/h1-5,9-10,15H,6-7H2,(H2,13,16)(H,14,17)/t9-,10+/m1/s1. The Hall–Kier alpha value is -1.88. The molecule has 0 bridgehead atoms. The molecule has 2 rings (SSSR count). The third kappa shape index (κ3) is 2.82. The number of nitrogens with one attached hydrogen (secondary N) is 2. The van der Waals surface area contributed by atoms with Gasteiger partial charge in [0.2, 0.25) is 11.8 Å². The number of hydrogen-bond acceptors (Lipinski definition) is 3. The van der Waals surface area contributed by atoms with Crippen molar-refractivity contribution < 1.29 is 9.59 Å². The van der Waals surface area contributed by atoms with Crippen LogP contribution in [0.1, 0.15) is 12.0 Å². The average Bonchev–Trinajstić information content (AvgIpc) is 2.25. The van der Waals surface area contributed by atoms with Crippen molar-refractivity contribution >= 4 is 11.8 Å². The summed E-state index contributed by atoms with van der Waals surface area (Å²) in [6.45, 7) is 0.499. The quantitative estimate of drug-likeness (QED) is 0.656. The van der Waals surface area contributed by atoms with Gasteiger partial charge in [-0.25, -0.2) is 0 Å². The molecule has 2 atom stereocenters. The summed E-state index contributed by atoms with van der Waals surface area (Å²) in [5.74, 6) is -0.497. The van der Waals surface area contributed by atoms with Gasteiger partial charge in [-0.3, -0.25) is 14.9 Å². The van der Waals surface area contributed by atoms with Gasteiger partial charge in [0.25, 0.3) is 0 Å². The van der Waals surface area contributed by atoms with E-state index >= 15 is 0 Å². The van der Waals surface area contributed by atoms with Crippen molar-refractivity contribution in [1.29, 1.82) is 0 Å². The van der Waals surface area contributed by atoms with Crippen molar-refractivity contribution in [3.8, 4) is 0 Å². The van der Waals surface area contributed by atoms with Gasteiger partial charge in [-0.2, -0.15) is 0 Å².